The topological polar surface area (TPSA) is 42.4 Å². The fraction of sp³-hybridized carbons (Fsp3) is 0.0625. The highest BCUT2D eigenvalue weighted by atomic mass is 16.5. The largest absolute Gasteiger partial charge is 0.507 e. The minimum Gasteiger partial charge on any atom is -0.507 e. The summed E-state index contributed by atoms with van der Waals surface area (Å²) in [5, 5.41) is 10.6. The normalized spacial score (nSPS) is 10.6. The van der Waals surface area contributed by atoms with E-state index in [2.05, 4.69) is 4.98 Å². The molecule has 19 heavy (non-hydrogen) atoms. The van der Waals surface area contributed by atoms with Crippen LogP contribution in [-0.4, -0.2) is 17.2 Å². The summed E-state index contributed by atoms with van der Waals surface area (Å²) in [6.07, 6.45) is 1.60. The van der Waals surface area contributed by atoms with Crippen LogP contribution < -0.4 is 4.74 Å². The smallest absolute Gasteiger partial charge is 0.126 e. The number of ether oxygens (including phenoxy) is 1. The van der Waals surface area contributed by atoms with Crippen molar-refractivity contribution >= 4 is 10.9 Å². The fourth-order valence-corrected chi connectivity index (χ4v) is 2.09. The minimum absolute atomic E-state index is 0.250. The molecule has 3 nitrogen and oxygen atoms in total. The summed E-state index contributed by atoms with van der Waals surface area (Å²) in [5.74, 6) is 1.08. The Balaban J connectivity index is 2.11. The van der Waals surface area contributed by atoms with Gasteiger partial charge in [0.25, 0.3) is 0 Å². The molecular weight excluding hydrogens is 238 g/mol. The number of aromatic hydroxyl groups is 1. The Morgan fingerprint density at radius 2 is 1.68 bits per heavy atom. The van der Waals surface area contributed by atoms with E-state index < -0.39 is 0 Å². The Bertz CT molecular complexity index is 720. The summed E-state index contributed by atoms with van der Waals surface area (Å²) < 4.78 is 5.14. The number of hydrogen-bond donors (Lipinski definition) is 1. The van der Waals surface area contributed by atoms with Gasteiger partial charge in [-0.05, 0) is 41.5 Å². The van der Waals surface area contributed by atoms with Gasteiger partial charge < -0.3 is 9.84 Å². The van der Waals surface area contributed by atoms with E-state index in [1.54, 1.807) is 19.4 Å². The molecule has 1 aromatic heterocycles. The quantitative estimate of drug-likeness (QED) is 0.756. The lowest BCUT2D eigenvalue weighted by Gasteiger charge is -2.06. The molecule has 0 bridgehead atoms. The first-order valence-corrected chi connectivity index (χ1v) is 6.00. The zero-order valence-corrected chi connectivity index (χ0v) is 10.5. The molecule has 0 aliphatic heterocycles. The molecule has 3 rings (SSSR count). The highest BCUT2D eigenvalue weighted by molar-refractivity contribution is 5.89. The monoisotopic (exact) mass is 251 g/mol. The number of nitrogens with zero attached hydrogens (tertiary/aromatic N) is 1. The summed E-state index contributed by atoms with van der Waals surface area (Å²) in [4.78, 5) is 4.22. The van der Waals surface area contributed by atoms with E-state index in [1.165, 1.54) is 0 Å². The molecule has 1 heterocycles. The van der Waals surface area contributed by atoms with Gasteiger partial charge in [-0.25, -0.2) is 0 Å². The first kappa shape index (κ1) is 11.5. The van der Waals surface area contributed by atoms with E-state index in [9.17, 15) is 5.11 Å². The lowest BCUT2D eigenvalue weighted by atomic mass is 10.0. The standard InChI is InChI=1S/C16H13NO2/c1-19-13-5-2-11(3-6-13)12-4-7-15-14(10-12)16(18)8-9-17-15/h2-10H,1H3,(H,17,18). The van der Waals surface area contributed by atoms with E-state index in [0.717, 1.165) is 27.8 Å². The van der Waals surface area contributed by atoms with Crippen molar-refractivity contribution in [3.05, 3.63) is 54.7 Å². The number of methoxy groups -OCH3 is 1. The predicted molar refractivity (Wildman–Crippen MR) is 75.4 cm³/mol. The zero-order valence-electron chi connectivity index (χ0n) is 10.5. The lowest BCUT2D eigenvalue weighted by Crippen LogP contribution is -1.84. The number of pyridine rings is 1. The van der Waals surface area contributed by atoms with Crippen LogP contribution in [-0.2, 0) is 0 Å². The molecule has 0 unspecified atom stereocenters. The van der Waals surface area contributed by atoms with Gasteiger partial charge in [-0.3, -0.25) is 4.98 Å². The highest BCUT2D eigenvalue weighted by Gasteiger charge is 2.04. The maximum atomic E-state index is 9.86. The third-order valence-electron chi connectivity index (χ3n) is 3.14. The summed E-state index contributed by atoms with van der Waals surface area (Å²) in [6, 6.07) is 15.3. The molecule has 0 amide bonds. The molecule has 0 atom stereocenters. The van der Waals surface area contributed by atoms with Gasteiger partial charge >= 0.3 is 0 Å². The predicted octanol–water partition coefficient (Wildman–Crippen LogP) is 3.62. The third kappa shape index (κ3) is 2.10. The van der Waals surface area contributed by atoms with Crippen molar-refractivity contribution < 1.29 is 9.84 Å². The molecule has 1 N–H and O–H groups in total. The van der Waals surface area contributed by atoms with Crippen LogP contribution in [0.3, 0.4) is 0 Å². The first-order valence-electron chi connectivity index (χ1n) is 6.00. The van der Waals surface area contributed by atoms with Crippen LogP contribution in [0.25, 0.3) is 22.0 Å². The highest BCUT2D eigenvalue weighted by Crippen LogP contribution is 2.29. The van der Waals surface area contributed by atoms with Crippen molar-refractivity contribution in [1.82, 2.24) is 4.98 Å². The Hall–Kier alpha value is -2.55. The van der Waals surface area contributed by atoms with Gasteiger partial charge in [-0.1, -0.05) is 18.2 Å². The SMILES string of the molecule is COc1ccc(-c2ccc3nccc(O)c3c2)cc1. The molecule has 3 aromatic rings. The van der Waals surface area contributed by atoms with Crippen molar-refractivity contribution in [3.63, 3.8) is 0 Å². The Kier molecular flexibility index (Phi) is 2.80. The molecule has 0 saturated carbocycles. The van der Waals surface area contributed by atoms with E-state index in [4.69, 9.17) is 4.74 Å². The van der Waals surface area contributed by atoms with Gasteiger partial charge in [0.1, 0.15) is 11.5 Å². The van der Waals surface area contributed by atoms with Crippen LogP contribution >= 0.6 is 0 Å². The van der Waals surface area contributed by atoms with Crippen LogP contribution in [0.1, 0.15) is 0 Å². The molecule has 2 aromatic carbocycles. The van der Waals surface area contributed by atoms with Crippen molar-refractivity contribution in [2.24, 2.45) is 0 Å². The average Bonchev–Trinajstić information content (AvgIpc) is 2.47. The number of benzene rings is 2. The van der Waals surface area contributed by atoms with Crippen molar-refractivity contribution in [2.45, 2.75) is 0 Å². The second-order valence-electron chi connectivity index (χ2n) is 4.29. The van der Waals surface area contributed by atoms with Crippen molar-refractivity contribution in [3.8, 4) is 22.6 Å². The lowest BCUT2D eigenvalue weighted by molar-refractivity contribution is 0.415. The van der Waals surface area contributed by atoms with E-state index in [-0.39, 0.29) is 5.75 Å². The first-order chi connectivity index (χ1) is 9.28. The Morgan fingerprint density at radius 3 is 2.42 bits per heavy atom. The van der Waals surface area contributed by atoms with Crippen LogP contribution in [0.5, 0.6) is 11.5 Å². The second-order valence-corrected chi connectivity index (χ2v) is 4.29. The van der Waals surface area contributed by atoms with Crippen LogP contribution in [0.15, 0.2) is 54.7 Å². The summed E-state index contributed by atoms with van der Waals surface area (Å²) in [5.41, 5.74) is 2.90. The molecule has 0 aliphatic rings. The van der Waals surface area contributed by atoms with E-state index in [1.807, 2.05) is 42.5 Å². The molecular formula is C16H13NO2. The Morgan fingerprint density at radius 1 is 0.947 bits per heavy atom. The van der Waals surface area contributed by atoms with Gasteiger partial charge in [0.2, 0.25) is 0 Å². The second kappa shape index (κ2) is 4.61. The number of hydrogen-bond acceptors (Lipinski definition) is 3. The molecule has 0 aliphatic carbocycles. The average molecular weight is 251 g/mol. The molecule has 0 fully saturated rings. The van der Waals surface area contributed by atoms with Crippen molar-refractivity contribution in [1.29, 1.82) is 0 Å². The fourth-order valence-electron chi connectivity index (χ4n) is 2.09. The van der Waals surface area contributed by atoms with Crippen LogP contribution in [0.4, 0.5) is 0 Å². The Labute approximate surface area is 111 Å². The molecule has 3 heteroatoms. The van der Waals surface area contributed by atoms with E-state index in [0.29, 0.717) is 0 Å². The minimum atomic E-state index is 0.250. The van der Waals surface area contributed by atoms with E-state index >= 15 is 0 Å². The van der Waals surface area contributed by atoms with Crippen LogP contribution in [0, 0.1) is 0 Å². The van der Waals surface area contributed by atoms with Gasteiger partial charge in [0.05, 0.1) is 12.6 Å². The summed E-state index contributed by atoms with van der Waals surface area (Å²) in [6.45, 7) is 0. The number of aromatic nitrogens is 1. The summed E-state index contributed by atoms with van der Waals surface area (Å²) >= 11 is 0. The van der Waals surface area contributed by atoms with Gasteiger partial charge in [0.15, 0.2) is 0 Å². The van der Waals surface area contributed by atoms with Crippen LogP contribution in [0.2, 0.25) is 0 Å². The summed E-state index contributed by atoms with van der Waals surface area (Å²) in [7, 11) is 1.65. The molecule has 0 spiro atoms. The zero-order chi connectivity index (χ0) is 13.2. The van der Waals surface area contributed by atoms with Gasteiger partial charge in [-0.15, -0.1) is 0 Å². The molecule has 0 radical (unpaired) electrons. The van der Waals surface area contributed by atoms with Crippen molar-refractivity contribution in [2.75, 3.05) is 7.11 Å². The maximum Gasteiger partial charge on any atom is 0.126 e. The molecule has 94 valence electrons. The van der Waals surface area contributed by atoms with Gasteiger partial charge in [-0.2, -0.15) is 0 Å². The number of fused-ring (bicyclic) bond motifs is 1. The third-order valence-corrected chi connectivity index (χ3v) is 3.14. The maximum absolute atomic E-state index is 9.86. The number of rotatable bonds is 2. The molecule has 0 saturated heterocycles. The van der Waals surface area contributed by atoms with Gasteiger partial charge in [0, 0.05) is 11.6 Å².